The molecule has 2 rings (SSSR count). The fourth-order valence-corrected chi connectivity index (χ4v) is 1.70. The van der Waals surface area contributed by atoms with Crippen LogP contribution in [-0.4, -0.2) is 18.7 Å². The van der Waals surface area contributed by atoms with Gasteiger partial charge in [0.15, 0.2) is 6.10 Å². The molecule has 1 atom stereocenters. The summed E-state index contributed by atoms with van der Waals surface area (Å²) in [6, 6.07) is 5.98. The van der Waals surface area contributed by atoms with E-state index in [0.29, 0.717) is 13.0 Å². The molecule has 15 heavy (non-hydrogen) atoms. The second-order valence-electron chi connectivity index (χ2n) is 3.67. The molecule has 1 aromatic carbocycles. The van der Waals surface area contributed by atoms with E-state index >= 15 is 0 Å². The molecular weight excluding hydrogens is 192 g/mol. The summed E-state index contributed by atoms with van der Waals surface area (Å²) < 4.78 is 10.5. The van der Waals surface area contributed by atoms with Crippen LogP contribution in [0.5, 0.6) is 5.75 Å². The van der Waals surface area contributed by atoms with Crippen molar-refractivity contribution in [1.82, 2.24) is 0 Å². The molecule has 80 valence electrons. The topological polar surface area (TPSA) is 35.5 Å². The van der Waals surface area contributed by atoms with Crippen molar-refractivity contribution in [2.75, 3.05) is 6.61 Å². The summed E-state index contributed by atoms with van der Waals surface area (Å²) in [7, 11) is 0. The highest BCUT2D eigenvalue weighted by Gasteiger charge is 2.29. The molecule has 0 aromatic heterocycles. The zero-order valence-corrected chi connectivity index (χ0v) is 8.95. The van der Waals surface area contributed by atoms with Crippen molar-refractivity contribution in [2.45, 2.75) is 26.4 Å². The van der Waals surface area contributed by atoms with Crippen LogP contribution in [0.1, 0.15) is 18.1 Å². The van der Waals surface area contributed by atoms with Gasteiger partial charge < -0.3 is 9.47 Å². The van der Waals surface area contributed by atoms with Crippen LogP contribution >= 0.6 is 0 Å². The lowest BCUT2D eigenvalue weighted by Crippen LogP contribution is -2.27. The molecule has 0 N–H and O–H groups in total. The van der Waals surface area contributed by atoms with Gasteiger partial charge in [0.1, 0.15) is 5.75 Å². The van der Waals surface area contributed by atoms with Crippen LogP contribution in [-0.2, 0) is 16.0 Å². The Morgan fingerprint density at radius 3 is 3.13 bits per heavy atom. The summed E-state index contributed by atoms with van der Waals surface area (Å²) >= 11 is 0. The largest absolute Gasteiger partial charge is 0.478 e. The molecule has 0 bridgehead atoms. The molecule has 1 heterocycles. The molecule has 0 saturated carbocycles. The van der Waals surface area contributed by atoms with Crippen molar-refractivity contribution < 1.29 is 14.3 Å². The third kappa shape index (κ3) is 1.96. The lowest BCUT2D eigenvalue weighted by atomic mass is 10.1. The van der Waals surface area contributed by atoms with Crippen LogP contribution in [0, 0.1) is 6.92 Å². The van der Waals surface area contributed by atoms with Gasteiger partial charge in [-0.3, -0.25) is 0 Å². The number of esters is 1. The quantitative estimate of drug-likeness (QED) is 0.693. The number of ether oxygens (including phenoxy) is 2. The van der Waals surface area contributed by atoms with Crippen molar-refractivity contribution in [3.63, 3.8) is 0 Å². The zero-order valence-electron chi connectivity index (χ0n) is 8.95. The van der Waals surface area contributed by atoms with E-state index in [1.165, 1.54) is 0 Å². The summed E-state index contributed by atoms with van der Waals surface area (Å²) in [4.78, 5) is 11.5. The Kier molecular flexibility index (Phi) is 2.62. The van der Waals surface area contributed by atoms with E-state index in [9.17, 15) is 4.79 Å². The molecule has 0 spiro atoms. The van der Waals surface area contributed by atoms with Crippen molar-refractivity contribution >= 4 is 5.97 Å². The van der Waals surface area contributed by atoms with E-state index in [-0.39, 0.29) is 5.97 Å². The molecule has 0 amide bonds. The number of hydrogen-bond donors (Lipinski definition) is 0. The first-order valence-electron chi connectivity index (χ1n) is 5.13. The first-order chi connectivity index (χ1) is 7.20. The summed E-state index contributed by atoms with van der Waals surface area (Å²) in [6.07, 6.45) is 0.163. The Hall–Kier alpha value is -1.51. The number of rotatable bonds is 2. The fourth-order valence-electron chi connectivity index (χ4n) is 1.70. The molecule has 3 heteroatoms. The maximum absolute atomic E-state index is 11.5. The van der Waals surface area contributed by atoms with Gasteiger partial charge in [-0.25, -0.2) is 4.79 Å². The second-order valence-corrected chi connectivity index (χ2v) is 3.67. The first kappa shape index (κ1) is 10.0. The smallest absolute Gasteiger partial charge is 0.347 e. The van der Waals surface area contributed by atoms with Gasteiger partial charge in [-0.1, -0.05) is 12.1 Å². The molecule has 0 radical (unpaired) electrons. The van der Waals surface area contributed by atoms with Crippen LogP contribution < -0.4 is 4.74 Å². The van der Waals surface area contributed by atoms with Crippen LogP contribution in [0.4, 0.5) is 0 Å². The van der Waals surface area contributed by atoms with Crippen LogP contribution in [0.25, 0.3) is 0 Å². The highest BCUT2D eigenvalue weighted by Crippen LogP contribution is 2.29. The van der Waals surface area contributed by atoms with Gasteiger partial charge in [0, 0.05) is 6.42 Å². The van der Waals surface area contributed by atoms with Gasteiger partial charge in [0.25, 0.3) is 0 Å². The standard InChI is InChI=1S/C12H14O3/c1-3-14-12(13)11-7-9-5-4-8(2)6-10(9)15-11/h4-6,11H,3,7H2,1-2H3. The van der Waals surface area contributed by atoms with E-state index in [4.69, 9.17) is 9.47 Å². The molecule has 1 aliphatic heterocycles. The normalized spacial score (nSPS) is 18.1. The van der Waals surface area contributed by atoms with Gasteiger partial charge >= 0.3 is 5.97 Å². The maximum atomic E-state index is 11.5. The summed E-state index contributed by atoms with van der Waals surface area (Å²) in [5, 5.41) is 0. The van der Waals surface area contributed by atoms with Crippen molar-refractivity contribution in [3.8, 4) is 5.75 Å². The summed E-state index contributed by atoms with van der Waals surface area (Å²) in [6.45, 7) is 4.19. The van der Waals surface area contributed by atoms with Crippen molar-refractivity contribution in [1.29, 1.82) is 0 Å². The number of hydrogen-bond acceptors (Lipinski definition) is 3. The second kappa shape index (κ2) is 3.93. The number of benzene rings is 1. The molecule has 0 fully saturated rings. The van der Waals surface area contributed by atoms with Crippen LogP contribution in [0.2, 0.25) is 0 Å². The monoisotopic (exact) mass is 206 g/mol. The van der Waals surface area contributed by atoms with Crippen molar-refractivity contribution in [2.24, 2.45) is 0 Å². The predicted molar refractivity (Wildman–Crippen MR) is 55.9 cm³/mol. The molecule has 0 aliphatic carbocycles. The van der Waals surface area contributed by atoms with E-state index in [1.807, 2.05) is 25.1 Å². The van der Waals surface area contributed by atoms with Crippen LogP contribution in [0.3, 0.4) is 0 Å². The average Bonchev–Trinajstić information content (AvgIpc) is 2.60. The third-order valence-electron chi connectivity index (χ3n) is 2.45. The van der Waals surface area contributed by atoms with Gasteiger partial charge in [0.05, 0.1) is 6.61 Å². The molecule has 1 aromatic rings. The van der Waals surface area contributed by atoms with Crippen LogP contribution in [0.15, 0.2) is 18.2 Å². The number of aryl methyl sites for hydroxylation is 1. The Morgan fingerprint density at radius 2 is 2.40 bits per heavy atom. The van der Waals surface area contributed by atoms with Gasteiger partial charge in [0.2, 0.25) is 0 Å². The zero-order chi connectivity index (χ0) is 10.8. The Morgan fingerprint density at radius 1 is 1.60 bits per heavy atom. The van der Waals surface area contributed by atoms with E-state index in [1.54, 1.807) is 6.92 Å². The van der Waals surface area contributed by atoms with Gasteiger partial charge in [-0.2, -0.15) is 0 Å². The number of carbonyl (C=O) groups is 1. The summed E-state index contributed by atoms with van der Waals surface area (Å²) in [5.41, 5.74) is 2.22. The summed E-state index contributed by atoms with van der Waals surface area (Å²) in [5.74, 6) is 0.541. The van der Waals surface area contributed by atoms with Gasteiger partial charge in [-0.05, 0) is 31.0 Å². The van der Waals surface area contributed by atoms with E-state index in [0.717, 1.165) is 16.9 Å². The van der Waals surface area contributed by atoms with Crippen molar-refractivity contribution in [3.05, 3.63) is 29.3 Å². The molecule has 0 saturated heterocycles. The SMILES string of the molecule is CCOC(=O)C1Cc2ccc(C)cc2O1. The van der Waals surface area contributed by atoms with E-state index in [2.05, 4.69) is 0 Å². The fraction of sp³-hybridized carbons (Fsp3) is 0.417. The Balaban J connectivity index is 2.12. The minimum atomic E-state index is -0.457. The first-order valence-corrected chi connectivity index (χ1v) is 5.13. The lowest BCUT2D eigenvalue weighted by Gasteiger charge is -2.08. The molecule has 1 aliphatic rings. The van der Waals surface area contributed by atoms with E-state index < -0.39 is 6.10 Å². The molecular formula is C12H14O3. The lowest BCUT2D eigenvalue weighted by molar-refractivity contribution is -0.150. The Bertz CT molecular complexity index is 384. The Labute approximate surface area is 89.0 Å². The highest BCUT2D eigenvalue weighted by atomic mass is 16.6. The predicted octanol–water partition coefficient (Wildman–Crippen LogP) is 1.86. The minimum absolute atomic E-state index is 0.272. The van der Waals surface area contributed by atoms with Gasteiger partial charge in [-0.15, -0.1) is 0 Å². The number of carbonyl (C=O) groups excluding carboxylic acids is 1. The third-order valence-corrected chi connectivity index (χ3v) is 2.45. The highest BCUT2D eigenvalue weighted by molar-refractivity contribution is 5.76. The molecule has 1 unspecified atom stereocenters. The number of fused-ring (bicyclic) bond motifs is 1. The maximum Gasteiger partial charge on any atom is 0.347 e. The molecule has 3 nitrogen and oxygen atoms in total. The minimum Gasteiger partial charge on any atom is -0.478 e. The average molecular weight is 206 g/mol.